The zero-order valence-electron chi connectivity index (χ0n) is 21.6. The first-order valence-electron chi connectivity index (χ1n) is 12.1. The Bertz CT molecular complexity index is 1480. The number of anilines is 2. The molecule has 0 radical (unpaired) electrons. The van der Waals surface area contributed by atoms with Gasteiger partial charge in [0.15, 0.2) is 0 Å². The van der Waals surface area contributed by atoms with Gasteiger partial charge in [0.1, 0.15) is 33.5 Å². The molecule has 18 heteroatoms. The zero-order chi connectivity index (χ0) is 29.9. The average molecular weight is 616 g/mol. The van der Waals surface area contributed by atoms with Crippen LogP contribution in [0.4, 0.5) is 24.8 Å². The summed E-state index contributed by atoms with van der Waals surface area (Å²) in [5, 5.41) is 5.44. The molecule has 1 saturated heterocycles. The van der Waals surface area contributed by atoms with Crippen LogP contribution in [0.2, 0.25) is 0 Å². The minimum absolute atomic E-state index is 0.0656. The first-order valence-corrected chi connectivity index (χ1v) is 14.5. The van der Waals surface area contributed by atoms with Crippen LogP contribution >= 0.6 is 19.2 Å². The quantitative estimate of drug-likeness (QED) is 0.273. The number of nitrogens with one attached hydrogen (secondary N) is 2. The number of hydrogen-bond acceptors (Lipinski definition) is 10. The number of aryl methyl sites for hydroxylation is 1. The van der Waals surface area contributed by atoms with Crippen molar-refractivity contribution >= 4 is 42.6 Å². The van der Waals surface area contributed by atoms with Crippen molar-refractivity contribution in [2.45, 2.75) is 45.0 Å². The van der Waals surface area contributed by atoms with Gasteiger partial charge in [0.05, 0.1) is 23.9 Å². The standard InChI is InChI=1S/C23H25F3N7O6PS/c1-12-9-27-18(7-15(12)23(24,25)26)32-21(35)17-10-28-22(41-17)13(2)31-20(34)16-8-19(30-11-29-16)33-5-3-14(4-6-33)39-40(36,37)38/h7-11,13-14H,3-6H2,1-2H3,(H,31,34)(H,27,32,35)(H2,36,37,38)/t13-/m1/s1. The molecule has 3 aromatic rings. The molecular formula is C23H25F3N7O6PS. The third kappa shape index (κ3) is 8.04. The molecule has 4 heterocycles. The number of thiazole rings is 1. The van der Waals surface area contributed by atoms with E-state index in [2.05, 4.69) is 30.6 Å². The number of alkyl halides is 3. The summed E-state index contributed by atoms with van der Waals surface area (Å²) < 4.78 is 55.3. The first-order chi connectivity index (χ1) is 19.2. The number of carbonyl (C=O) groups is 2. The second kappa shape index (κ2) is 12.2. The Kier molecular flexibility index (Phi) is 9.03. The average Bonchev–Trinajstić information content (AvgIpc) is 3.40. The van der Waals surface area contributed by atoms with E-state index in [0.717, 1.165) is 23.6 Å². The Hall–Kier alpha value is -3.50. The molecule has 0 aliphatic carbocycles. The fourth-order valence-electron chi connectivity index (χ4n) is 4.03. The molecule has 0 unspecified atom stereocenters. The molecule has 3 aromatic heterocycles. The van der Waals surface area contributed by atoms with Gasteiger partial charge in [-0.2, -0.15) is 13.2 Å². The molecule has 0 saturated carbocycles. The zero-order valence-corrected chi connectivity index (χ0v) is 23.3. The number of halogens is 3. The van der Waals surface area contributed by atoms with E-state index in [1.807, 2.05) is 4.90 Å². The topological polar surface area (TPSA) is 180 Å². The number of aromatic nitrogens is 4. The van der Waals surface area contributed by atoms with Gasteiger partial charge in [-0.3, -0.25) is 14.1 Å². The van der Waals surface area contributed by atoms with Gasteiger partial charge in [0.25, 0.3) is 11.8 Å². The Balaban J connectivity index is 1.36. The van der Waals surface area contributed by atoms with Gasteiger partial charge in [-0.15, -0.1) is 11.3 Å². The molecule has 4 N–H and O–H groups in total. The van der Waals surface area contributed by atoms with Gasteiger partial charge in [0.2, 0.25) is 0 Å². The molecule has 0 aromatic carbocycles. The number of rotatable bonds is 8. The number of phosphoric acid groups is 1. The fourth-order valence-corrected chi connectivity index (χ4v) is 5.44. The summed E-state index contributed by atoms with van der Waals surface area (Å²) in [6, 6.07) is 1.60. The second-order valence-electron chi connectivity index (χ2n) is 9.14. The minimum Gasteiger partial charge on any atom is -0.356 e. The second-order valence-corrected chi connectivity index (χ2v) is 11.4. The van der Waals surface area contributed by atoms with E-state index in [4.69, 9.17) is 14.3 Å². The summed E-state index contributed by atoms with van der Waals surface area (Å²) in [6.07, 6.45) is -0.971. The van der Waals surface area contributed by atoms with E-state index in [0.29, 0.717) is 36.8 Å². The SMILES string of the molecule is Cc1cnc(NC(=O)c2cnc([C@@H](C)NC(=O)c3cc(N4CCC(OP(=O)(O)O)CC4)ncn3)s2)cc1C(F)(F)F. The number of hydrogen-bond donors (Lipinski definition) is 4. The third-order valence-corrected chi connectivity index (χ3v) is 7.80. The van der Waals surface area contributed by atoms with Crippen molar-refractivity contribution in [1.82, 2.24) is 25.3 Å². The maximum absolute atomic E-state index is 13.2. The van der Waals surface area contributed by atoms with Crippen LogP contribution in [0, 0.1) is 6.92 Å². The molecule has 1 fully saturated rings. The van der Waals surface area contributed by atoms with Crippen LogP contribution in [0.5, 0.6) is 0 Å². The summed E-state index contributed by atoms with van der Waals surface area (Å²) in [6.45, 7) is 3.71. The monoisotopic (exact) mass is 615 g/mol. The summed E-state index contributed by atoms with van der Waals surface area (Å²) >= 11 is 0.952. The van der Waals surface area contributed by atoms with E-state index in [1.165, 1.54) is 25.5 Å². The highest BCUT2D eigenvalue weighted by Crippen LogP contribution is 2.40. The van der Waals surface area contributed by atoms with Crippen LogP contribution in [-0.4, -0.2) is 60.7 Å². The van der Waals surface area contributed by atoms with Crippen molar-refractivity contribution in [3.05, 3.63) is 57.6 Å². The predicted octanol–water partition coefficient (Wildman–Crippen LogP) is 3.48. The molecule has 13 nitrogen and oxygen atoms in total. The number of phosphoric ester groups is 1. The van der Waals surface area contributed by atoms with Gasteiger partial charge in [-0.1, -0.05) is 0 Å². The lowest BCUT2D eigenvalue weighted by Crippen LogP contribution is -2.37. The Morgan fingerprint density at radius 2 is 1.83 bits per heavy atom. The Labute approximate surface area is 235 Å². The van der Waals surface area contributed by atoms with Gasteiger partial charge < -0.3 is 25.3 Å². The number of amides is 2. The van der Waals surface area contributed by atoms with E-state index in [1.54, 1.807) is 6.92 Å². The van der Waals surface area contributed by atoms with Gasteiger partial charge in [-0.25, -0.2) is 24.5 Å². The predicted molar refractivity (Wildman–Crippen MR) is 140 cm³/mol. The lowest BCUT2D eigenvalue weighted by molar-refractivity contribution is -0.138. The van der Waals surface area contributed by atoms with Crippen LogP contribution in [0.25, 0.3) is 0 Å². The molecule has 1 aliphatic rings. The van der Waals surface area contributed by atoms with Crippen molar-refractivity contribution in [3.8, 4) is 0 Å². The molecule has 0 spiro atoms. The molecule has 1 atom stereocenters. The van der Waals surface area contributed by atoms with Crippen molar-refractivity contribution in [1.29, 1.82) is 0 Å². The molecule has 220 valence electrons. The fraction of sp³-hybridized carbons (Fsp3) is 0.391. The summed E-state index contributed by atoms with van der Waals surface area (Å²) in [5.74, 6) is -1.04. The van der Waals surface area contributed by atoms with E-state index in [9.17, 15) is 27.3 Å². The molecule has 0 bridgehead atoms. The van der Waals surface area contributed by atoms with Crippen LogP contribution in [0.3, 0.4) is 0 Å². The maximum atomic E-state index is 13.2. The maximum Gasteiger partial charge on any atom is 0.469 e. The molecule has 1 aliphatic heterocycles. The molecule has 2 amide bonds. The number of pyridine rings is 1. The molecular weight excluding hydrogens is 590 g/mol. The van der Waals surface area contributed by atoms with Crippen LogP contribution in [0.1, 0.15) is 62.1 Å². The Morgan fingerprint density at radius 1 is 1.12 bits per heavy atom. The van der Waals surface area contributed by atoms with Crippen LogP contribution < -0.4 is 15.5 Å². The minimum atomic E-state index is -4.60. The normalized spacial score (nSPS) is 15.4. The van der Waals surface area contributed by atoms with E-state index < -0.39 is 43.5 Å². The van der Waals surface area contributed by atoms with Crippen molar-refractivity contribution in [2.24, 2.45) is 0 Å². The first kappa shape index (κ1) is 30.5. The van der Waals surface area contributed by atoms with Crippen LogP contribution in [0.15, 0.2) is 30.9 Å². The van der Waals surface area contributed by atoms with Crippen LogP contribution in [-0.2, 0) is 15.3 Å². The summed E-state index contributed by atoms with van der Waals surface area (Å²) in [7, 11) is -4.58. The largest absolute Gasteiger partial charge is 0.469 e. The third-order valence-electron chi connectivity index (χ3n) is 6.05. The number of nitrogens with zero attached hydrogens (tertiary/aromatic N) is 5. The van der Waals surface area contributed by atoms with Gasteiger partial charge in [-0.05, 0) is 38.3 Å². The highest BCUT2D eigenvalue weighted by atomic mass is 32.1. The van der Waals surface area contributed by atoms with E-state index in [-0.39, 0.29) is 22.0 Å². The highest BCUT2D eigenvalue weighted by molar-refractivity contribution is 7.46. The van der Waals surface area contributed by atoms with Gasteiger partial charge in [0, 0.05) is 25.4 Å². The van der Waals surface area contributed by atoms with Crippen molar-refractivity contribution in [2.75, 3.05) is 23.3 Å². The Morgan fingerprint density at radius 3 is 2.49 bits per heavy atom. The van der Waals surface area contributed by atoms with Crippen molar-refractivity contribution < 1.29 is 41.6 Å². The number of piperidine rings is 1. The summed E-state index contributed by atoms with van der Waals surface area (Å²) in [5.41, 5.74) is -0.917. The molecule has 4 rings (SSSR count). The lowest BCUT2D eigenvalue weighted by atomic mass is 10.1. The number of carbonyl (C=O) groups excluding carboxylic acids is 2. The molecule has 41 heavy (non-hydrogen) atoms. The lowest BCUT2D eigenvalue weighted by Gasteiger charge is -2.32. The summed E-state index contributed by atoms with van der Waals surface area (Å²) in [4.78, 5) is 61.6. The van der Waals surface area contributed by atoms with Gasteiger partial charge >= 0.3 is 14.0 Å². The smallest absolute Gasteiger partial charge is 0.356 e. The highest BCUT2D eigenvalue weighted by Gasteiger charge is 2.33. The van der Waals surface area contributed by atoms with E-state index >= 15 is 0 Å². The van der Waals surface area contributed by atoms with Crippen molar-refractivity contribution in [3.63, 3.8) is 0 Å².